The molecule has 2 heterocycles. The molecule has 0 unspecified atom stereocenters. The first-order chi connectivity index (χ1) is 8.29. The molecule has 1 aromatic heterocycles. The monoisotopic (exact) mass is 290 g/mol. The number of esters is 1. The van der Waals surface area contributed by atoms with Crippen molar-refractivity contribution in [3.8, 4) is 0 Å². The Labute approximate surface area is 114 Å². The van der Waals surface area contributed by atoms with E-state index in [2.05, 4.69) is 4.98 Å². The summed E-state index contributed by atoms with van der Waals surface area (Å²) in [4.78, 5) is 27.6. The highest BCUT2D eigenvalue weighted by Gasteiger charge is 2.44. The Morgan fingerprint density at radius 3 is 2.61 bits per heavy atom. The van der Waals surface area contributed by atoms with Crippen LogP contribution >= 0.6 is 23.2 Å². The van der Waals surface area contributed by atoms with Gasteiger partial charge in [0.25, 0.3) is 5.56 Å². The van der Waals surface area contributed by atoms with Crippen LogP contribution in [0.1, 0.15) is 32.0 Å². The Morgan fingerprint density at radius 1 is 1.44 bits per heavy atom. The van der Waals surface area contributed by atoms with E-state index in [4.69, 9.17) is 27.9 Å². The Hall–Kier alpha value is -1.07. The van der Waals surface area contributed by atoms with Gasteiger partial charge in [-0.15, -0.1) is 0 Å². The predicted octanol–water partition coefficient (Wildman–Crippen LogP) is 1.95. The second kappa shape index (κ2) is 4.24. The van der Waals surface area contributed by atoms with Crippen LogP contribution in [-0.2, 0) is 14.9 Å². The molecule has 7 heteroatoms. The van der Waals surface area contributed by atoms with Crippen molar-refractivity contribution >= 4 is 29.2 Å². The quantitative estimate of drug-likeness (QED) is 0.742. The third-order valence-corrected chi connectivity index (χ3v) is 3.67. The van der Waals surface area contributed by atoms with Crippen molar-refractivity contribution in [2.75, 3.05) is 7.11 Å². The summed E-state index contributed by atoms with van der Waals surface area (Å²) < 4.78 is 6.01. The largest absolute Gasteiger partial charge is 0.467 e. The van der Waals surface area contributed by atoms with Gasteiger partial charge < -0.3 is 4.74 Å². The highest BCUT2D eigenvalue weighted by molar-refractivity contribution is 6.32. The molecule has 2 rings (SSSR count). The molecule has 0 radical (unpaired) electrons. The summed E-state index contributed by atoms with van der Waals surface area (Å²) in [5, 5.41) is -0.0913. The number of fused-ring (bicyclic) bond motifs is 1. The number of rotatable bonds is 1. The lowest BCUT2D eigenvalue weighted by atomic mass is 9.87. The van der Waals surface area contributed by atoms with Crippen LogP contribution in [-0.4, -0.2) is 22.6 Å². The molecule has 0 fully saturated rings. The third-order valence-electron chi connectivity index (χ3n) is 3.16. The molecule has 1 atom stereocenters. The van der Waals surface area contributed by atoms with Crippen LogP contribution in [0, 0.1) is 0 Å². The average molecular weight is 291 g/mol. The molecule has 1 aliphatic heterocycles. The highest BCUT2D eigenvalue weighted by atomic mass is 35.5. The van der Waals surface area contributed by atoms with Gasteiger partial charge >= 0.3 is 5.97 Å². The number of halogens is 2. The topological polar surface area (TPSA) is 61.2 Å². The van der Waals surface area contributed by atoms with Gasteiger partial charge in [-0.3, -0.25) is 9.36 Å². The summed E-state index contributed by atoms with van der Waals surface area (Å²) in [7, 11) is 1.28. The van der Waals surface area contributed by atoms with Crippen molar-refractivity contribution in [3.63, 3.8) is 0 Å². The Kier molecular flexibility index (Phi) is 3.15. The van der Waals surface area contributed by atoms with Crippen molar-refractivity contribution in [1.29, 1.82) is 0 Å². The molecule has 0 bridgehead atoms. The molecule has 98 valence electrons. The van der Waals surface area contributed by atoms with E-state index < -0.39 is 23.0 Å². The lowest BCUT2D eigenvalue weighted by Gasteiger charge is -2.18. The smallest absolute Gasteiger partial charge is 0.329 e. The van der Waals surface area contributed by atoms with E-state index in [0.29, 0.717) is 12.1 Å². The molecule has 0 saturated heterocycles. The zero-order valence-corrected chi connectivity index (χ0v) is 11.7. The van der Waals surface area contributed by atoms with E-state index in [0.717, 1.165) is 0 Å². The number of ether oxygens (including phenoxy) is 1. The van der Waals surface area contributed by atoms with Gasteiger partial charge in [0.15, 0.2) is 10.3 Å². The fraction of sp³-hybridized carbons (Fsp3) is 0.545. The fourth-order valence-electron chi connectivity index (χ4n) is 2.39. The molecule has 0 spiro atoms. The van der Waals surface area contributed by atoms with Crippen LogP contribution in [0.3, 0.4) is 0 Å². The van der Waals surface area contributed by atoms with Crippen molar-refractivity contribution in [2.24, 2.45) is 0 Å². The summed E-state index contributed by atoms with van der Waals surface area (Å²) in [6.45, 7) is 3.78. The third kappa shape index (κ3) is 1.82. The first-order valence-corrected chi connectivity index (χ1v) is 6.11. The van der Waals surface area contributed by atoms with Crippen molar-refractivity contribution < 1.29 is 9.53 Å². The first kappa shape index (κ1) is 13.4. The number of carbonyl (C=O) groups is 1. The maximum atomic E-state index is 12.0. The standard InChI is InChI=1S/C11H12Cl2N2O3/c1-11(2)4-5(10(17)18-3)15-6(11)7(12)14-8(13)9(15)16/h5H,4H2,1-3H3/t5-/m0/s1. The van der Waals surface area contributed by atoms with Gasteiger partial charge in [0.1, 0.15) is 6.04 Å². The fourth-order valence-corrected chi connectivity index (χ4v) is 3.04. The van der Waals surface area contributed by atoms with Crippen LogP contribution < -0.4 is 5.56 Å². The predicted molar refractivity (Wildman–Crippen MR) is 67.2 cm³/mol. The minimum Gasteiger partial charge on any atom is -0.467 e. The Morgan fingerprint density at radius 2 is 2.06 bits per heavy atom. The summed E-state index contributed by atoms with van der Waals surface area (Å²) >= 11 is 11.8. The molecular formula is C11H12Cl2N2O3. The maximum Gasteiger partial charge on any atom is 0.329 e. The molecule has 5 nitrogen and oxygen atoms in total. The summed E-state index contributed by atoms with van der Waals surface area (Å²) in [6, 6.07) is -0.703. The van der Waals surface area contributed by atoms with Gasteiger partial charge in [-0.05, 0) is 6.42 Å². The molecule has 0 aromatic carbocycles. The highest BCUT2D eigenvalue weighted by Crippen LogP contribution is 2.42. The average Bonchev–Trinajstić information content (AvgIpc) is 2.57. The first-order valence-electron chi connectivity index (χ1n) is 5.35. The van der Waals surface area contributed by atoms with E-state index in [1.165, 1.54) is 11.7 Å². The number of hydrogen-bond acceptors (Lipinski definition) is 4. The number of aromatic nitrogens is 2. The van der Waals surface area contributed by atoms with Crippen LogP contribution in [0.25, 0.3) is 0 Å². The molecule has 18 heavy (non-hydrogen) atoms. The number of hydrogen-bond donors (Lipinski definition) is 0. The van der Waals surface area contributed by atoms with Crippen LogP contribution in [0.4, 0.5) is 0 Å². The van der Waals surface area contributed by atoms with Crippen molar-refractivity contribution in [2.45, 2.75) is 31.7 Å². The van der Waals surface area contributed by atoms with Crippen LogP contribution in [0.5, 0.6) is 0 Å². The summed E-state index contributed by atoms with van der Waals surface area (Å²) in [5.41, 5.74) is -0.432. The van der Waals surface area contributed by atoms with E-state index in [9.17, 15) is 9.59 Å². The molecule has 0 amide bonds. The molecule has 0 aliphatic carbocycles. The second-order valence-electron chi connectivity index (χ2n) is 4.84. The Bertz CT molecular complexity index is 580. The van der Waals surface area contributed by atoms with Gasteiger partial charge in [-0.1, -0.05) is 37.0 Å². The summed E-state index contributed by atoms with van der Waals surface area (Å²) in [6.07, 6.45) is 0.427. The lowest BCUT2D eigenvalue weighted by Crippen LogP contribution is -2.30. The van der Waals surface area contributed by atoms with E-state index in [1.807, 2.05) is 13.8 Å². The molecule has 1 aromatic rings. The second-order valence-corrected chi connectivity index (χ2v) is 5.56. The van der Waals surface area contributed by atoms with E-state index in [1.54, 1.807) is 0 Å². The van der Waals surface area contributed by atoms with Gasteiger partial charge in [-0.2, -0.15) is 0 Å². The maximum absolute atomic E-state index is 12.0. The molecule has 0 saturated carbocycles. The minimum atomic E-state index is -0.703. The number of carbonyl (C=O) groups excluding carboxylic acids is 1. The molecular weight excluding hydrogens is 279 g/mol. The van der Waals surface area contributed by atoms with Crippen LogP contribution in [0.2, 0.25) is 10.3 Å². The minimum absolute atomic E-state index is 0.149. The summed E-state index contributed by atoms with van der Waals surface area (Å²) in [5.74, 6) is -0.484. The van der Waals surface area contributed by atoms with Crippen molar-refractivity contribution in [1.82, 2.24) is 9.55 Å². The molecule has 0 N–H and O–H groups in total. The van der Waals surface area contributed by atoms with Gasteiger partial charge in [0.05, 0.1) is 12.8 Å². The van der Waals surface area contributed by atoms with E-state index in [-0.39, 0.29) is 10.3 Å². The SMILES string of the molecule is COC(=O)[C@@H]1CC(C)(C)c2c(Cl)nc(Cl)c(=O)n21. The number of nitrogens with zero attached hydrogens (tertiary/aromatic N) is 2. The zero-order chi connectivity index (χ0) is 13.7. The van der Waals surface area contributed by atoms with E-state index >= 15 is 0 Å². The number of methoxy groups -OCH3 is 1. The Balaban J connectivity index is 2.76. The lowest BCUT2D eigenvalue weighted by molar-refractivity contribution is -0.144. The molecule has 1 aliphatic rings. The zero-order valence-electron chi connectivity index (χ0n) is 10.2. The van der Waals surface area contributed by atoms with Gasteiger partial charge in [0, 0.05) is 5.41 Å². The van der Waals surface area contributed by atoms with Gasteiger partial charge in [-0.25, -0.2) is 9.78 Å². The normalized spacial score (nSPS) is 20.6. The van der Waals surface area contributed by atoms with Crippen molar-refractivity contribution in [3.05, 3.63) is 26.4 Å². The van der Waals surface area contributed by atoms with Gasteiger partial charge in [0.2, 0.25) is 0 Å². The van der Waals surface area contributed by atoms with Crippen LogP contribution in [0.15, 0.2) is 4.79 Å².